The van der Waals surface area contributed by atoms with E-state index in [9.17, 15) is 13.6 Å². The molecule has 1 aromatic carbocycles. The lowest BCUT2D eigenvalue weighted by Gasteiger charge is -2.17. The van der Waals surface area contributed by atoms with Crippen molar-refractivity contribution < 1.29 is 13.6 Å². The fourth-order valence-corrected chi connectivity index (χ4v) is 3.72. The molecular formula is C19H20F2N6OS. The van der Waals surface area contributed by atoms with Crippen molar-refractivity contribution in [2.24, 2.45) is 0 Å². The predicted molar refractivity (Wildman–Crippen MR) is 107 cm³/mol. The molecular weight excluding hydrogens is 398 g/mol. The van der Waals surface area contributed by atoms with Crippen LogP contribution in [0, 0.1) is 11.6 Å². The number of rotatable bonds is 6. The maximum atomic E-state index is 13.3. The SMILES string of the molecule is CSc1nc(N2CCCC2)c2cnn(CCNC(=O)c3ccc(F)c(F)c3)c2n1. The topological polar surface area (TPSA) is 75.9 Å². The molecule has 0 unspecified atom stereocenters. The van der Waals surface area contributed by atoms with Gasteiger partial charge in [-0.05, 0) is 37.3 Å². The van der Waals surface area contributed by atoms with E-state index in [-0.39, 0.29) is 12.1 Å². The Bertz CT molecular complexity index is 1050. The molecule has 1 N–H and O–H groups in total. The normalized spacial score (nSPS) is 14.0. The summed E-state index contributed by atoms with van der Waals surface area (Å²) in [5, 5.41) is 8.67. The van der Waals surface area contributed by atoms with Gasteiger partial charge in [-0.1, -0.05) is 11.8 Å². The molecule has 0 aliphatic carbocycles. The van der Waals surface area contributed by atoms with E-state index >= 15 is 0 Å². The molecule has 1 fully saturated rings. The summed E-state index contributed by atoms with van der Waals surface area (Å²) in [5.41, 5.74) is 0.783. The molecule has 0 saturated carbocycles. The Morgan fingerprint density at radius 2 is 2.00 bits per heavy atom. The predicted octanol–water partition coefficient (Wildman–Crippen LogP) is 2.86. The fourth-order valence-electron chi connectivity index (χ4n) is 3.36. The summed E-state index contributed by atoms with van der Waals surface area (Å²) >= 11 is 1.47. The molecule has 3 aromatic rings. The van der Waals surface area contributed by atoms with Crippen LogP contribution in [-0.2, 0) is 6.54 Å². The summed E-state index contributed by atoms with van der Waals surface area (Å²) in [4.78, 5) is 23.7. The fraction of sp³-hybridized carbons (Fsp3) is 0.368. The van der Waals surface area contributed by atoms with E-state index in [2.05, 4.69) is 25.3 Å². The van der Waals surface area contributed by atoms with Crippen LogP contribution in [0.15, 0.2) is 29.6 Å². The van der Waals surface area contributed by atoms with E-state index in [1.54, 1.807) is 10.9 Å². The van der Waals surface area contributed by atoms with Crippen molar-refractivity contribution in [3.8, 4) is 0 Å². The molecule has 1 aliphatic rings. The Morgan fingerprint density at radius 3 is 2.72 bits per heavy atom. The molecule has 0 radical (unpaired) electrons. The Morgan fingerprint density at radius 1 is 1.21 bits per heavy atom. The lowest BCUT2D eigenvalue weighted by Crippen LogP contribution is -2.27. The maximum absolute atomic E-state index is 13.3. The number of carbonyl (C=O) groups is 1. The summed E-state index contributed by atoms with van der Waals surface area (Å²) in [6, 6.07) is 3.07. The standard InChI is InChI=1S/C19H20F2N6OS/c1-29-19-24-16(26-7-2-3-8-26)13-11-23-27(17(13)25-19)9-6-22-18(28)12-4-5-14(20)15(21)10-12/h4-5,10-11H,2-3,6-9H2,1H3,(H,22,28). The second-order valence-electron chi connectivity index (χ2n) is 6.72. The van der Waals surface area contributed by atoms with Crippen molar-refractivity contribution >= 4 is 34.5 Å². The molecule has 1 aliphatic heterocycles. The van der Waals surface area contributed by atoms with E-state index in [0.29, 0.717) is 17.3 Å². The van der Waals surface area contributed by atoms with Crippen LogP contribution in [0.4, 0.5) is 14.6 Å². The highest BCUT2D eigenvalue weighted by Gasteiger charge is 2.20. The van der Waals surface area contributed by atoms with Gasteiger partial charge in [-0.15, -0.1) is 0 Å². The number of hydrogen-bond acceptors (Lipinski definition) is 6. The van der Waals surface area contributed by atoms with Gasteiger partial charge in [0.1, 0.15) is 5.82 Å². The quantitative estimate of drug-likeness (QED) is 0.490. The molecule has 0 bridgehead atoms. The Hall–Kier alpha value is -2.75. The van der Waals surface area contributed by atoms with Gasteiger partial charge in [-0.25, -0.2) is 23.4 Å². The number of fused-ring (bicyclic) bond motifs is 1. The van der Waals surface area contributed by atoms with Crippen LogP contribution < -0.4 is 10.2 Å². The van der Waals surface area contributed by atoms with Crippen molar-refractivity contribution in [3.05, 3.63) is 41.6 Å². The smallest absolute Gasteiger partial charge is 0.251 e. The number of nitrogens with one attached hydrogen (secondary N) is 1. The summed E-state index contributed by atoms with van der Waals surface area (Å²) < 4.78 is 28.1. The van der Waals surface area contributed by atoms with Crippen molar-refractivity contribution in [3.63, 3.8) is 0 Å². The second-order valence-corrected chi connectivity index (χ2v) is 7.49. The molecule has 1 amide bonds. The molecule has 152 valence electrons. The maximum Gasteiger partial charge on any atom is 0.251 e. The number of benzene rings is 1. The van der Waals surface area contributed by atoms with Crippen LogP contribution in [0.25, 0.3) is 11.0 Å². The Balaban J connectivity index is 1.50. The van der Waals surface area contributed by atoms with E-state index < -0.39 is 17.5 Å². The third-order valence-electron chi connectivity index (χ3n) is 4.83. The highest BCUT2D eigenvalue weighted by Crippen LogP contribution is 2.28. The van der Waals surface area contributed by atoms with Crippen LogP contribution in [0.3, 0.4) is 0 Å². The lowest BCUT2D eigenvalue weighted by atomic mass is 10.2. The molecule has 2 aromatic heterocycles. The highest BCUT2D eigenvalue weighted by atomic mass is 32.2. The zero-order chi connectivity index (χ0) is 20.4. The first-order chi connectivity index (χ1) is 14.1. The summed E-state index contributed by atoms with van der Waals surface area (Å²) in [5.74, 6) is -1.61. The van der Waals surface area contributed by atoms with Gasteiger partial charge in [0, 0.05) is 25.2 Å². The zero-order valence-electron chi connectivity index (χ0n) is 15.9. The van der Waals surface area contributed by atoms with Crippen LogP contribution in [0.2, 0.25) is 0 Å². The Labute approximate surface area is 170 Å². The third kappa shape index (κ3) is 4.02. The number of carbonyl (C=O) groups excluding carboxylic acids is 1. The molecule has 10 heteroatoms. The van der Waals surface area contributed by atoms with Crippen molar-refractivity contribution in [2.75, 3.05) is 30.8 Å². The summed E-state index contributed by atoms with van der Waals surface area (Å²) in [6.07, 6.45) is 5.97. The highest BCUT2D eigenvalue weighted by molar-refractivity contribution is 7.98. The average Bonchev–Trinajstić information content (AvgIpc) is 3.39. The van der Waals surface area contributed by atoms with E-state index in [0.717, 1.165) is 49.3 Å². The molecule has 1 saturated heterocycles. The summed E-state index contributed by atoms with van der Waals surface area (Å²) in [7, 11) is 0. The second kappa shape index (κ2) is 8.32. The van der Waals surface area contributed by atoms with Gasteiger partial charge in [-0.2, -0.15) is 5.10 Å². The molecule has 29 heavy (non-hydrogen) atoms. The first-order valence-electron chi connectivity index (χ1n) is 9.32. The van der Waals surface area contributed by atoms with Gasteiger partial charge in [-0.3, -0.25) is 4.79 Å². The minimum absolute atomic E-state index is 0.0672. The number of aromatic nitrogens is 4. The lowest BCUT2D eigenvalue weighted by molar-refractivity contribution is 0.0951. The number of anilines is 1. The average molecular weight is 418 g/mol. The van der Waals surface area contributed by atoms with Crippen LogP contribution in [-0.4, -0.2) is 51.5 Å². The molecule has 0 atom stereocenters. The first kappa shape index (κ1) is 19.6. The van der Waals surface area contributed by atoms with Crippen LogP contribution in [0.5, 0.6) is 0 Å². The van der Waals surface area contributed by atoms with Crippen molar-refractivity contribution in [1.82, 2.24) is 25.1 Å². The molecule has 0 spiro atoms. The number of halogens is 2. The zero-order valence-corrected chi connectivity index (χ0v) is 16.7. The number of nitrogens with zero attached hydrogens (tertiary/aromatic N) is 5. The molecule has 3 heterocycles. The largest absolute Gasteiger partial charge is 0.356 e. The van der Waals surface area contributed by atoms with Gasteiger partial charge < -0.3 is 10.2 Å². The Kier molecular flexibility index (Phi) is 5.61. The van der Waals surface area contributed by atoms with Gasteiger partial charge in [0.15, 0.2) is 22.4 Å². The van der Waals surface area contributed by atoms with Gasteiger partial charge in [0.25, 0.3) is 5.91 Å². The number of amides is 1. The van der Waals surface area contributed by atoms with E-state index in [1.165, 1.54) is 17.8 Å². The molecule has 7 nitrogen and oxygen atoms in total. The van der Waals surface area contributed by atoms with E-state index in [4.69, 9.17) is 0 Å². The van der Waals surface area contributed by atoms with Crippen molar-refractivity contribution in [2.45, 2.75) is 24.5 Å². The molecule has 4 rings (SSSR count). The minimum Gasteiger partial charge on any atom is -0.356 e. The van der Waals surface area contributed by atoms with Gasteiger partial charge in [0.05, 0.1) is 18.1 Å². The minimum atomic E-state index is -1.05. The van der Waals surface area contributed by atoms with Crippen LogP contribution >= 0.6 is 11.8 Å². The third-order valence-corrected chi connectivity index (χ3v) is 5.38. The monoisotopic (exact) mass is 418 g/mol. The van der Waals surface area contributed by atoms with Crippen molar-refractivity contribution in [1.29, 1.82) is 0 Å². The summed E-state index contributed by atoms with van der Waals surface area (Å²) in [6.45, 7) is 2.60. The number of hydrogen-bond donors (Lipinski definition) is 1. The van der Waals surface area contributed by atoms with E-state index in [1.807, 2.05) is 6.26 Å². The van der Waals surface area contributed by atoms with Crippen LogP contribution in [0.1, 0.15) is 23.2 Å². The first-order valence-corrected chi connectivity index (χ1v) is 10.5. The number of thioether (sulfide) groups is 1. The van der Waals surface area contributed by atoms with Gasteiger partial charge in [0.2, 0.25) is 0 Å². The van der Waals surface area contributed by atoms with Gasteiger partial charge >= 0.3 is 0 Å².